The van der Waals surface area contributed by atoms with Gasteiger partial charge in [0.05, 0.1) is 0 Å². The molecule has 0 bridgehead atoms. The van der Waals surface area contributed by atoms with E-state index in [1.165, 1.54) is 44.7 Å². The first-order valence-electron chi connectivity index (χ1n) is 7.21. The Balaban J connectivity index is 1.46. The highest BCUT2D eigenvalue weighted by Gasteiger charge is 2.44. The fraction of sp³-hybridized carbons (Fsp3) is 0.667. The predicted octanol–water partition coefficient (Wildman–Crippen LogP) is 1.92. The van der Waals surface area contributed by atoms with Crippen molar-refractivity contribution in [1.29, 1.82) is 0 Å². The van der Waals surface area contributed by atoms with Gasteiger partial charge >= 0.3 is 0 Å². The van der Waals surface area contributed by atoms with Crippen molar-refractivity contribution in [2.24, 2.45) is 11.8 Å². The summed E-state index contributed by atoms with van der Waals surface area (Å²) in [7, 11) is 0. The zero-order chi connectivity index (χ0) is 12.1. The minimum absolute atomic E-state index is 0.902. The molecule has 3 nitrogen and oxygen atoms in total. The molecule has 2 saturated heterocycles. The summed E-state index contributed by atoms with van der Waals surface area (Å²) >= 11 is 0. The van der Waals surface area contributed by atoms with Crippen molar-refractivity contribution in [2.75, 3.05) is 31.1 Å². The summed E-state index contributed by atoms with van der Waals surface area (Å²) in [5.41, 5.74) is 2.50. The lowest BCUT2D eigenvalue weighted by atomic mass is 10.0. The van der Waals surface area contributed by atoms with E-state index in [9.17, 15) is 0 Å². The largest absolute Gasteiger partial charge is 0.371 e. The van der Waals surface area contributed by atoms with Crippen LogP contribution in [0.25, 0.3) is 0 Å². The van der Waals surface area contributed by atoms with E-state index in [1.807, 2.05) is 6.20 Å². The molecule has 4 rings (SSSR count). The molecule has 2 unspecified atom stereocenters. The fourth-order valence-electron chi connectivity index (χ4n) is 3.71. The van der Waals surface area contributed by atoms with E-state index in [0.29, 0.717) is 0 Å². The van der Waals surface area contributed by atoms with Gasteiger partial charge in [-0.3, -0.25) is 9.88 Å². The highest BCUT2D eigenvalue weighted by molar-refractivity contribution is 5.47. The third-order valence-corrected chi connectivity index (χ3v) is 4.82. The topological polar surface area (TPSA) is 19.4 Å². The molecular weight excluding hydrogens is 222 g/mol. The van der Waals surface area contributed by atoms with Gasteiger partial charge in [0, 0.05) is 49.8 Å². The van der Waals surface area contributed by atoms with Gasteiger partial charge in [-0.15, -0.1) is 0 Å². The molecule has 18 heavy (non-hydrogen) atoms. The number of likely N-dealkylation sites (tertiary alicyclic amines) is 1. The van der Waals surface area contributed by atoms with Crippen molar-refractivity contribution in [3.63, 3.8) is 0 Å². The van der Waals surface area contributed by atoms with Crippen LogP contribution in [0.5, 0.6) is 0 Å². The van der Waals surface area contributed by atoms with Crippen molar-refractivity contribution in [1.82, 2.24) is 9.88 Å². The number of aromatic nitrogens is 1. The van der Waals surface area contributed by atoms with E-state index in [2.05, 4.69) is 33.8 Å². The van der Waals surface area contributed by atoms with Gasteiger partial charge in [-0.1, -0.05) is 0 Å². The molecule has 3 heterocycles. The first-order valence-corrected chi connectivity index (χ1v) is 7.21. The minimum Gasteiger partial charge on any atom is -0.371 e. The predicted molar refractivity (Wildman–Crippen MR) is 72.8 cm³/mol. The molecule has 0 aromatic carbocycles. The van der Waals surface area contributed by atoms with Gasteiger partial charge in [-0.25, -0.2) is 0 Å². The number of anilines is 1. The average Bonchev–Trinajstić information content (AvgIpc) is 3.00. The zero-order valence-electron chi connectivity index (χ0n) is 11.0. The normalized spacial score (nSPS) is 31.9. The smallest absolute Gasteiger partial charge is 0.0400 e. The molecule has 0 N–H and O–H groups in total. The van der Waals surface area contributed by atoms with E-state index < -0.39 is 0 Å². The van der Waals surface area contributed by atoms with Gasteiger partial charge in [-0.05, 0) is 43.7 Å². The highest BCUT2D eigenvalue weighted by Crippen LogP contribution is 2.39. The van der Waals surface area contributed by atoms with Gasteiger partial charge < -0.3 is 4.90 Å². The Kier molecular flexibility index (Phi) is 2.37. The van der Waals surface area contributed by atoms with Crippen LogP contribution >= 0.6 is 0 Å². The maximum Gasteiger partial charge on any atom is 0.0400 e. The molecule has 3 fully saturated rings. The van der Waals surface area contributed by atoms with Crippen LogP contribution in [-0.4, -0.2) is 42.1 Å². The summed E-state index contributed by atoms with van der Waals surface area (Å²) in [5, 5.41) is 0. The second-order valence-corrected chi connectivity index (χ2v) is 6.27. The third-order valence-electron chi connectivity index (χ3n) is 4.82. The quantitative estimate of drug-likeness (QED) is 0.791. The van der Waals surface area contributed by atoms with E-state index in [1.54, 1.807) is 0 Å². The summed E-state index contributed by atoms with van der Waals surface area (Å²) in [4.78, 5) is 9.60. The second-order valence-electron chi connectivity index (χ2n) is 6.27. The summed E-state index contributed by atoms with van der Waals surface area (Å²) in [6, 6.07) is 5.33. The average molecular weight is 243 g/mol. The van der Waals surface area contributed by atoms with Crippen molar-refractivity contribution < 1.29 is 0 Å². The van der Waals surface area contributed by atoms with Crippen LogP contribution < -0.4 is 4.90 Å². The molecule has 2 atom stereocenters. The van der Waals surface area contributed by atoms with Crippen molar-refractivity contribution in [3.8, 4) is 0 Å². The molecule has 3 aliphatic rings. The van der Waals surface area contributed by atoms with E-state index >= 15 is 0 Å². The number of nitrogens with zero attached hydrogens (tertiary/aromatic N) is 3. The van der Waals surface area contributed by atoms with Crippen LogP contribution in [0, 0.1) is 18.8 Å². The number of hydrogen-bond acceptors (Lipinski definition) is 3. The lowest BCUT2D eigenvalue weighted by Gasteiger charge is -2.23. The lowest BCUT2D eigenvalue weighted by Crippen LogP contribution is -2.30. The van der Waals surface area contributed by atoms with Crippen LogP contribution in [0.3, 0.4) is 0 Å². The monoisotopic (exact) mass is 243 g/mol. The number of hydrogen-bond donors (Lipinski definition) is 0. The summed E-state index contributed by atoms with van der Waals surface area (Å²) < 4.78 is 0. The van der Waals surface area contributed by atoms with E-state index in [-0.39, 0.29) is 0 Å². The Morgan fingerprint density at radius 1 is 1.11 bits per heavy atom. The molecule has 0 radical (unpaired) electrons. The van der Waals surface area contributed by atoms with Crippen LogP contribution in [0.15, 0.2) is 18.3 Å². The van der Waals surface area contributed by atoms with Crippen LogP contribution in [-0.2, 0) is 0 Å². The third kappa shape index (κ3) is 1.81. The number of aryl methyl sites for hydroxylation is 1. The van der Waals surface area contributed by atoms with Crippen molar-refractivity contribution >= 4 is 5.69 Å². The highest BCUT2D eigenvalue weighted by atomic mass is 15.3. The molecular formula is C15H21N3. The maximum absolute atomic E-state index is 4.29. The zero-order valence-corrected chi connectivity index (χ0v) is 11.0. The molecule has 1 aliphatic carbocycles. The summed E-state index contributed by atoms with van der Waals surface area (Å²) in [6.45, 7) is 7.26. The fourth-order valence-corrected chi connectivity index (χ4v) is 3.71. The SMILES string of the molecule is Cc1cc(N2CC3CN(C4CC4)CC3C2)ccn1. The van der Waals surface area contributed by atoms with Crippen LogP contribution in [0.4, 0.5) is 5.69 Å². The number of pyridine rings is 1. The van der Waals surface area contributed by atoms with Gasteiger partial charge in [0.25, 0.3) is 0 Å². The molecule has 1 saturated carbocycles. The Bertz CT molecular complexity index is 441. The second kappa shape index (κ2) is 3.95. The Morgan fingerprint density at radius 3 is 2.44 bits per heavy atom. The molecule has 96 valence electrons. The summed E-state index contributed by atoms with van der Waals surface area (Å²) in [6.07, 6.45) is 4.84. The molecule has 1 aromatic heterocycles. The lowest BCUT2D eigenvalue weighted by molar-refractivity contribution is 0.306. The Hall–Kier alpha value is -1.09. The van der Waals surface area contributed by atoms with Gasteiger partial charge in [0.15, 0.2) is 0 Å². The van der Waals surface area contributed by atoms with Crippen molar-refractivity contribution in [2.45, 2.75) is 25.8 Å². The van der Waals surface area contributed by atoms with Gasteiger partial charge in [-0.2, -0.15) is 0 Å². The number of fused-ring (bicyclic) bond motifs is 1. The molecule has 0 spiro atoms. The van der Waals surface area contributed by atoms with Gasteiger partial charge in [0.1, 0.15) is 0 Å². The van der Waals surface area contributed by atoms with Crippen LogP contribution in [0.1, 0.15) is 18.5 Å². The maximum atomic E-state index is 4.29. The van der Waals surface area contributed by atoms with Crippen molar-refractivity contribution in [3.05, 3.63) is 24.0 Å². The molecule has 0 amide bonds. The number of rotatable bonds is 2. The minimum atomic E-state index is 0.902. The first kappa shape index (κ1) is 10.8. The first-order chi connectivity index (χ1) is 8.79. The van der Waals surface area contributed by atoms with E-state index in [4.69, 9.17) is 0 Å². The van der Waals surface area contributed by atoms with Gasteiger partial charge in [0.2, 0.25) is 0 Å². The molecule has 3 heteroatoms. The Labute approximate surface area is 109 Å². The molecule has 1 aromatic rings. The standard InChI is InChI=1S/C15H21N3/c1-11-6-15(4-5-16-11)18-9-12-7-17(14-2-3-14)8-13(12)10-18/h4-6,12-14H,2-3,7-10H2,1H3. The Morgan fingerprint density at radius 2 is 1.83 bits per heavy atom. The van der Waals surface area contributed by atoms with E-state index in [0.717, 1.165) is 23.6 Å². The molecule has 2 aliphatic heterocycles. The summed E-state index contributed by atoms with van der Waals surface area (Å²) in [5.74, 6) is 1.80. The van der Waals surface area contributed by atoms with Crippen LogP contribution in [0.2, 0.25) is 0 Å².